The Kier molecular flexibility index (Phi) is 6.56. The van der Waals surface area contributed by atoms with Crippen molar-refractivity contribution in [3.8, 4) is 0 Å². The summed E-state index contributed by atoms with van der Waals surface area (Å²) in [5, 5.41) is 9.41. The zero-order chi connectivity index (χ0) is 17.9. The average molecular weight is 343 g/mol. The van der Waals surface area contributed by atoms with Crippen LogP contribution in [0.15, 0.2) is 11.4 Å². The number of thiocarbonyl (C=S) groups is 1. The Morgan fingerprint density at radius 2 is 1.83 bits per heavy atom. The van der Waals surface area contributed by atoms with Gasteiger partial charge >= 0.3 is 5.97 Å². The highest BCUT2D eigenvalue weighted by Crippen LogP contribution is 2.31. The predicted molar refractivity (Wildman–Crippen MR) is 96.9 cm³/mol. The summed E-state index contributed by atoms with van der Waals surface area (Å²) in [6, 6.07) is 0. The van der Waals surface area contributed by atoms with Gasteiger partial charge in [0.15, 0.2) is 0 Å². The minimum atomic E-state index is -1.43. The van der Waals surface area contributed by atoms with Gasteiger partial charge in [0.25, 0.3) is 0 Å². The van der Waals surface area contributed by atoms with Gasteiger partial charge < -0.3 is 26.4 Å². The number of carbonyl (C=O) groups is 1. The zero-order valence-electron chi connectivity index (χ0n) is 14.8. The van der Waals surface area contributed by atoms with Crippen LogP contribution >= 0.6 is 12.2 Å². The van der Waals surface area contributed by atoms with E-state index in [0.717, 1.165) is 17.7 Å². The van der Waals surface area contributed by atoms with Crippen molar-refractivity contribution in [1.82, 2.24) is 9.80 Å². The van der Waals surface area contributed by atoms with E-state index in [-0.39, 0.29) is 25.0 Å². The van der Waals surface area contributed by atoms with Crippen LogP contribution in [0, 0.1) is 5.92 Å². The second-order valence-electron chi connectivity index (χ2n) is 6.52. The van der Waals surface area contributed by atoms with Crippen molar-refractivity contribution in [3.05, 3.63) is 11.4 Å². The van der Waals surface area contributed by atoms with E-state index in [0.29, 0.717) is 0 Å². The van der Waals surface area contributed by atoms with E-state index >= 15 is 0 Å². The molecule has 0 fully saturated rings. The monoisotopic (exact) mass is 342 g/mol. The van der Waals surface area contributed by atoms with E-state index in [2.05, 4.69) is 30.6 Å². The van der Waals surface area contributed by atoms with E-state index < -0.39 is 11.5 Å². The molecule has 6 nitrogen and oxygen atoms in total. The van der Waals surface area contributed by atoms with Crippen LogP contribution in [0.25, 0.3) is 0 Å². The lowest BCUT2D eigenvalue weighted by Gasteiger charge is -2.36. The summed E-state index contributed by atoms with van der Waals surface area (Å²) < 4.78 is 0. The second kappa shape index (κ2) is 7.59. The summed E-state index contributed by atoms with van der Waals surface area (Å²) in [7, 11) is 4.02. The molecule has 0 saturated heterocycles. The molecule has 132 valence electrons. The molecule has 2 atom stereocenters. The van der Waals surface area contributed by atoms with Gasteiger partial charge in [-0.05, 0) is 32.6 Å². The fraction of sp³-hybridized carbons (Fsp3) is 0.750. The molecule has 0 aromatic carbocycles. The van der Waals surface area contributed by atoms with E-state index in [1.807, 2.05) is 14.1 Å². The van der Waals surface area contributed by atoms with Crippen LogP contribution in [-0.2, 0) is 4.79 Å². The first kappa shape index (κ1) is 19.9. The van der Waals surface area contributed by atoms with Gasteiger partial charge in [0.1, 0.15) is 11.7 Å². The Bertz CT molecular complexity index is 490. The molecule has 7 heteroatoms. The lowest BCUT2D eigenvalue weighted by Crippen LogP contribution is -2.56. The van der Waals surface area contributed by atoms with Gasteiger partial charge in [0.05, 0.1) is 0 Å². The Labute approximate surface area is 144 Å². The van der Waals surface area contributed by atoms with E-state index in [9.17, 15) is 9.90 Å². The van der Waals surface area contributed by atoms with Gasteiger partial charge in [-0.2, -0.15) is 0 Å². The van der Waals surface area contributed by atoms with Crippen LogP contribution in [0.4, 0.5) is 0 Å². The normalized spacial score (nSPS) is 20.0. The van der Waals surface area contributed by atoms with Gasteiger partial charge in [0, 0.05) is 36.9 Å². The van der Waals surface area contributed by atoms with Gasteiger partial charge in [0.2, 0.25) is 0 Å². The zero-order valence-corrected chi connectivity index (χ0v) is 15.6. The predicted octanol–water partition coefficient (Wildman–Crippen LogP) is 1.36. The molecular weight excluding hydrogens is 312 g/mol. The minimum Gasteiger partial charge on any atom is -0.480 e. The Morgan fingerprint density at radius 3 is 2.17 bits per heavy atom. The lowest BCUT2D eigenvalue weighted by atomic mass is 9.83. The molecule has 0 bridgehead atoms. The smallest absolute Gasteiger partial charge is 0.325 e. The second-order valence-corrected chi connectivity index (χ2v) is 7.00. The molecule has 0 saturated carbocycles. The topological polar surface area (TPSA) is 95.8 Å². The average Bonchev–Trinajstić information content (AvgIpc) is 2.69. The number of hydrogen-bond acceptors (Lipinski definition) is 6. The number of carboxylic acid groups (broad SMARTS) is 1. The molecule has 0 aromatic heterocycles. The molecule has 1 heterocycles. The summed E-state index contributed by atoms with van der Waals surface area (Å²) in [5.41, 5.74) is 12.5. The maximum Gasteiger partial charge on any atom is 0.325 e. The minimum absolute atomic E-state index is 0.0441. The van der Waals surface area contributed by atoms with Crippen molar-refractivity contribution in [2.45, 2.75) is 51.7 Å². The number of nitrogens with zero attached hydrogens (tertiary/aromatic N) is 2. The first-order valence-electron chi connectivity index (χ1n) is 7.99. The third-order valence-electron chi connectivity index (χ3n) is 5.01. The SMILES string of the molecule is CCCC(CC(N)(CN)C(=O)O)C(=S)C1N(C)C(C)=C(C)N1C. The highest BCUT2D eigenvalue weighted by molar-refractivity contribution is 7.80. The molecule has 0 aliphatic carbocycles. The van der Waals surface area contributed by atoms with Gasteiger partial charge in [-0.25, -0.2) is 0 Å². The molecule has 0 amide bonds. The summed E-state index contributed by atoms with van der Waals surface area (Å²) in [6.45, 7) is 6.09. The first-order valence-corrected chi connectivity index (χ1v) is 8.40. The van der Waals surface area contributed by atoms with Crippen LogP contribution in [0.2, 0.25) is 0 Å². The third-order valence-corrected chi connectivity index (χ3v) is 5.55. The van der Waals surface area contributed by atoms with Crippen LogP contribution in [0.3, 0.4) is 0 Å². The van der Waals surface area contributed by atoms with Crippen molar-refractivity contribution >= 4 is 23.1 Å². The number of aliphatic carboxylic acids is 1. The van der Waals surface area contributed by atoms with Crippen LogP contribution < -0.4 is 11.5 Å². The Morgan fingerprint density at radius 1 is 1.35 bits per heavy atom. The summed E-state index contributed by atoms with van der Waals surface area (Å²) in [5.74, 6) is -1.13. The van der Waals surface area contributed by atoms with Crippen LogP contribution in [0.1, 0.15) is 40.0 Å². The van der Waals surface area contributed by atoms with Gasteiger partial charge in [-0.15, -0.1) is 0 Å². The maximum atomic E-state index is 11.5. The van der Waals surface area contributed by atoms with E-state index in [1.54, 1.807) is 0 Å². The Balaban J connectivity index is 3.03. The highest BCUT2D eigenvalue weighted by Gasteiger charge is 2.40. The number of allylic oxidation sites excluding steroid dienone is 2. The number of carboxylic acids is 1. The van der Waals surface area contributed by atoms with Crippen molar-refractivity contribution < 1.29 is 9.90 Å². The van der Waals surface area contributed by atoms with Crippen molar-refractivity contribution in [2.75, 3.05) is 20.6 Å². The maximum absolute atomic E-state index is 11.5. The van der Waals surface area contributed by atoms with Crippen molar-refractivity contribution in [2.24, 2.45) is 17.4 Å². The third kappa shape index (κ3) is 3.84. The summed E-state index contributed by atoms with van der Waals surface area (Å²) >= 11 is 5.76. The largest absolute Gasteiger partial charge is 0.480 e. The molecule has 5 N–H and O–H groups in total. The standard InChI is InChI=1S/C16H30N4O2S/c1-6-7-12(8-16(18,9-17)15(21)22)13(23)14-19(4)10(2)11(3)20(14)5/h12,14H,6-9,17-18H2,1-5H3,(H,21,22). The molecule has 1 aliphatic heterocycles. The number of nitrogens with two attached hydrogens (primary N) is 2. The molecule has 0 aromatic rings. The van der Waals surface area contributed by atoms with Gasteiger partial charge in [-0.3, -0.25) is 4.79 Å². The van der Waals surface area contributed by atoms with Crippen LogP contribution in [-0.4, -0.2) is 58.1 Å². The quantitative estimate of drug-likeness (QED) is 0.573. The van der Waals surface area contributed by atoms with Crippen molar-refractivity contribution in [1.29, 1.82) is 0 Å². The fourth-order valence-electron chi connectivity index (χ4n) is 3.12. The number of rotatable bonds is 8. The summed E-state index contributed by atoms with van der Waals surface area (Å²) in [4.78, 5) is 16.6. The molecule has 1 rings (SSSR count). The molecule has 1 aliphatic rings. The summed E-state index contributed by atoms with van der Waals surface area (Å²) in [6.07, 6.45) is 1.94. The van der Waals surface area contributed by atoms with Crippen molar-refractivity contribution in [3.63, 3.8) is 0 Å². The highest BCUT2D eigenvalue weighted by atomic mass is 32.1. The molecule has 2 unspecified atom stereocenters. The molecular formula is C16H30N4O2S. The first-order chi connectivity index (χ1) is 10.6. The van der Waals surface area contributed by atoms with E-state index in [1.165, 1.54) is 11.4 Å². The molecule has 0 radical (unpaired) electrons. The number of hydrogen-bond donors (Lipinski definition) is 3. The lowest BCUT2D eigenvalue weighted by molar-refractivity contribution is -0.143. The molecule has 0 spiro atoms. The van der Waals surface area contributed by atoms with Crippen LogP contribution in [0.5, 0.6) is 0 Å². The fourth-order valence-corrected chi connectivity index (χ4v) is 3.64. The van der Waals surface area contributed by atoms with Gasteiger partial charge in [-0.1, -0.05) is 25.6 Å². The molecule has 23 heavy (non-hydrogen) atoms. The van der Waals surface area contributed by atoms with E-state index in [4.69, 9.17) is 23.7 Å². The Hall–Kier alpha value is -1.18.